The molecule has 0 bridgehead atoms. The Kier molecular flexibility index (Phi) is 4.11. The summed E-state index contributed by atoms with van der Waals surface area (Å²) >= 11 is 3.38. The van der Waals surface area contributed by atoms with Crippen LogP contribution in [0, 0.1) is 0 Å². The van der Waals surface area contributed by atoms with Crippen LogP contribution in [0.5, 0.6) is 0 Å². The molecule has 3 aromatic rings. The minimum absolute atomic E-state index is 0.0968. The molecule has 0 fully saturated rings. The summed E-state index contributed by atoms with van der Waals surface area (Å²) in [5.41, 5.74) is 0.321. The number of carbonyl (C=O) groups is 3. The van der Waals surface area contributed by atoms with Gasteiger partial charge in [0.05, 0.1) is 16.6 Å². The first kappa shape index (κ1) is 18.4. The van der Waals surface area contributed by atoms with Gasteiger partial charge in [-0.3, -0.25) is 9.59 Å². The van der Waals surface area contributed by atoms with Crippen LogP contribution in [0.3, 0.4) is 0 Å². The van der Waals surface area contributed by atoms with Gasteiger partial charge in [-0.15, -0.1) is 5.10 Å². The molecule has 4 rings (SSSR count). The van der Waals surface area contributed by atoms with Crippen molar-refractivity contribution in [3.8, 4) is 0 Å². The Bertz CT molecular complexity index is 1120. The predicted octanol–water partition coefficient (Wildman–Crippen LogP) is 4.38. The van der Waals surface area contributed by atoms with Gasteiger partial charge in [0, 0.05) is 9.86 Å². The monoisotopic (exact) mass is 441 g/mol. The minimum Gasteiger partial charge on any atom is -0.442 e. The van der Waals surface area contributed by atoms with E-state index in [-0.39, 0.29) is 5.82 Å². The molecular weight excluding hydrogens is 426 g/mol. The van der Waals surface area contributed by atoms with Crippen molar-refractivity contribution in [3.63, 3.8) is 0 Å². The number of rotatable bonds is 1. The van der Waals surface area contributed by atoms with Crippen LogP contribution >= 0.6 is 15.9 Å². The van der Waals surface area contributed by atoms with Gasteiger partial charge in [0.15, 0.2) is 5.82 Å². The molecule has 0 saturated heterocycles. The SMILES string of the molecule is CC(C)(C)OC(=O)n1nc(N2C(=O)c3ccccc3C2=O)c2ccc(Br)cc21. The van der Waals surface area contributed by atoms with Gasteiger partial charge in [-0.1, -0.05) is 28.1 Å². The maximum Gasteiger partial charge on any atom is 0.435 e. The molecule has 0 saturated carbocycles. The molecule has 1 aliphatic heterocycles. The van der Waals surface area contributed by atoms with E-state index >= 15 is 0 Å². The summed E-state index contributed by atoms with van der Waals surface area (Å²) < 4.78 is 7.22. The van der Waals surface area contributed by atoms with Gasteiger partial charge in [0.1, 0.15) is 5.60 Å². The number of carbonyl (C=O) groups excluding carboxylic acids is 3. The predicted molar refractivity (Wildman–Crippen MR) is 107 cm³/mol. The zero-order chi connectivity index (χ0) is 20.2. The van der Waals surface area contributed by atoms with Crippen molar-refractivity contribution in [2.75, 3.05) is 4.90 Å². The Morgan fingerprint density at radius 3 is 2.21 bits per heavy atom. The zero-order valence-electron chi connectivity index (χ0n) is 15.4. The molecule has 1 aliphatic rings. The minimum atomic E-state index is -0.725. The highest BCUT2D eigenvalue weighted by Gasteiger charge is 2.39. The fourth-order valence-corrected chi connectivity index (χ4v) is 3.41. The van der Waals surface area contributed by atoms with E-state index in [0.29, 0.717) is 22.0 Å². The third-order valence-electron chi connectivity index (χ3n) is 4.20. The molecule has 2 aromatic carbocycles. The van der Waals surface area contributed by atoms with Crippen LogP contribution in [0.4, 0.5) is 10.6 Å². The number of anilines is 1. The van der Waals surface area contributed by atoms with Crippen molar-refractivity contribution in [3.05, 3.63) is 58.1 Å². The highest BCUT2D eigenvalue weighted by atomic mass is 79.9. The second-order valence-electron chi connectivity index (χ2n) is 7.37. The van der Waals surface area contributed by atoms with Crippen LogP contribution < -0.4 is 4.90 Å². The third-order valence-corrected chi connectivity index (χ3v) is 4.69. The molecule has 142 valence electrons. The number of fused-ring (bicyclic) bond motifs is 2. The van der Waals surface area contributed by atoms with Gasteiger partial charge < -0.3 is 4.74 Å². The van der Waals surface area contributed by atoms with Crippen molar-refractivity contribution in [1.82, 2.24) is 9.78 Å². The molecule has 7 nitrogen and oxygen atoms in total. The van der Waals surface area contributed by atoms with Crippen LogP contribution in [0.25, 0.3) is 10.9 Å². The summed E-state index contributed by atoms with van der Waals surface area (Å²) in [6.07, 6.45) is -0.696. The zero-order valence-corrected chi connectivity index (χ0v) is 17.0. The van der Waals surface area contributed by atoms with Gasteiger partial charge in [0.25, 0.3) is 11.8 Å². The summed E-state index contributed by atoms with van der Waals surface area (Å²) in [7, 11) is 0. The summed E-state index contributed by atoms with van der Waals surface area (Å²) in [6.45, 7) is 5.24. The Balaban J connectivity index is 1.89. The van der Waals surface area contributed by atoms with Crippen LogP contribution in [0.2, 0.25) is 0 Å². The van der Waals surface area contributed by atoms with Crippen molar-refractivity contribution in [2.45, 2.75) is 26.4 Å². The molecular formula is C20H16BrN3O4. The van der Waals surface area contributed by atoms with E-state index < -0.39 is 23.5 Å². The number of hydrogen-bond donors (Lipinski definition) is 0. The lowest BCUT2D eigenvalue weighted by atomic mass is 10.1. The Hall–Kier alpha value is -3.00. The average molecular weight is 442 g/mol. The third kappa shape index (κ3) is 2.90. The van der Waals surface area contributed by atoms with Crippen molar-refractivity contribution < 1.29 is 19.1 Å². The summed E-state index contributed by atoms with van der Waals surface area (Å²) in [4.78, 5) is 39.4. The molecule has 0 atom stereocenters. The number of nitrogens with zero attached hydrogens (tertiary/aromatic N) is 3. The highest BCUT2D eigenvalue weighted by Crippen LogP contribution is 2.34. The van der Waals surface area contributed by atoms with Crippen molar-refractivity contribution in [2.24, 2.45) is 0 Å². The molecule has 0 unspecified atom stereocenters. The molecule has 0 spiro atoms. The molecule has 0 N–H and O–H groups in total. The van der Waals surface area contributed by atoms with Crippen LogP contribution in [0.1, 0.15) is 41.5 Å². The lowest BCUT2D eigenvalue weighted by Crippen LogP contribution is -2.31. The Labute approximate surface area is 169 Å². The Morgan fingerprint density at radius 2 is 1.64 bits per heavy atom. The Morgan fingerprint density at radius 1 is 1.04 bits per heavy atom. The van der Waals surface area contributed by atoms with Crippen LogP contribution in [0.15, 0.2) is 46.9 Å². The normalized spacial score (nSPS) is 13.9. The summed E-state index contributed by atoms with van der Waals surface area (Å²) in [6, 6.07) is 11.7. The number of halogens is 1. The first-order valence-electron chi connectivity index (χ1n) is 8.57. The maximum absolute atomic E-state index is 12.9. The maximum atomic E-state index is 12.9. The first-order valence-corrected chi connectivity index (χ1v) is 9.36. The lowest BCUT2D eigenvalue weighted by Gasteiger charge is -2.19. The van der Waals surface area contributed by atoms with Gasteiger partial charge in [-0.05, 0) is 51.1 Å². The first-order chi connectivity index (χ1) is 13.2. The highest BCUT2D eigenvalue weighted by molar-refractivity contribution is 9.10. The average Bonchev–Trinajstić information content (AvgIpc) is 3.09. The topological polar surface area (TPSA) is 81.5 Å². The van der Waals surface area contributed by atoms with Gasteiger partial charge >= 0.3 is 6.09 Å². The van der Waals surface area contributed by atoms with E-state index in [1.54, 1.807) is 63.2 Å². The standard InChI is InChI=1S/C20H16BrN3O4/c1-20(2,3)28-19(27)24-15-10-11(21)8-9-14(15)16(22-24)23-17(25)12-6-4-5-7-13(12)18(23)26/h4-10H,1-3H3. The number of amides is 2. The number of imide groups is 1. The number of aromatic nitrogens is 2. The second kappa shape index (κ2) is 6.27. The largest absolute Gasteiger partial charge is 0.442 e. The van der Waals surface area contributed by atoms with E-state index in [1.807, 2.05) is 0 Å². The van der Waals surface area contributed by atoms with Crippen molar-refractivity contribution in [1.29, 1.82) is 0 Å². The van der Waals surface area contributed by atoms with Gasteiger partial charge in [0.2, 0.25) is 0 Å². The fraction of sp³-hybridized carbons (Fsp3) is 0.200. The van der Waals surface area contributed by atoms with E-state index in [4.69, 9.17) is 4.74 Å². The molecule has 2 amide bonds. The van der Waals surface area contributed by atoms with Crippen molar-refractivity contribution >= 4 is 50.6 Å². The van der Waals surface area contributed by atoms with Gasteiger partial charge in [-0.25, -0.2) is 9.69 Å². The van der Waals surface area contributed by atoms with E-state index in [0.717, 1.165) is 14.1 Å². The molecule has 0 radical (unpaired) electrons. The van der Waals surface area contributed by atoms with Crippen LogP contribution in [-0.4, -0.2) is 33.3 Å². The quantitative estimate of drug-likeness (QED) is 0.523. The smallest absolute Gasteiger partial charge is 0.435 e. The van der Waals surface area contributed by atoms with E-state index in [2.05, 4.69) is 21.0 Å². The molecule has 2 heterocycles. The second-order valence-corrected chi connectivity index (χ2v) is 8.28. The molecule has 8 heteroatoms. The lowest BCUT2D eigenvalue weighted by molar-refractivity contribution is 0.0521. The number of ether oxygens (including phenoxy) is 1. The summed E-state index contributed by atoms with van der Waals surface area (Å²) in [5.74, 6) is -0.849. The molecule has 1 aromatic heterocycles. The summed E-state index contributed by atoms with van der Waals surface area (Å²) in [5, 5.41) is 4.78. The molecule has 28 heavy (non-hydrogen) atoms. The van der Waals surface area contributed by atoms with Crippen LogP contribution in [-0.2, 0) is 4.74 Å². The number of hydrogen-bond acceptors (Lipinski definition) is 5. The van der Waals surface area contributed by atoms with Gasteiger partial charge in [-0.2, -0.15) is 4.68 Å². The number of benzene rings is 2. The fourth-order valence-electron chi connectivity index (χ4n) is 3.06. The molecule has 0 aliphatic carbocycles. The van der Waals surface area contributed by atoms with E-state index in [1.165, 1.54) is 0 Å². The van der Waals surface area contributed by atoms with E-state index in [9.17, 15) is 14.4 Å².